The number of amides is 1. The number of rotatable bonds is 3. The van der Waals surface area contributed by atoms with Crippen molar-refractivity contribution in [3.05, 3.63) is 22.4 Å². The Bertz CT molecular complexity index is 490. The van der Waals surface area contributed by atoms with Crippen molar-refractivity contribution in [2.24, 2.45) is 5.41 Å². The van der Waals surface area contributed by atoms with E-state index in [9.17, 15) is 14.7 Å². The maximum Gasteiger partial charge on any atom is 0.309 e. The highest BCUT2D eigenvalue weighted by atomic mass is 79.9. The highest BCUT2D eigenvalue weighted by Crippen LogP contribution is 2.35. The van der Waals surface area contributed by atoms with Crippen LogP contribution in [0.1, 0.15) is 36.7 Å². The number of aliphatic carboxylic acids is 1. The van der Waals surface area contributed by atoms with Gasteiger partial charge in [0.2, 0.25) is 0 Å². The van der Waals surface area contributed by atoms with Gasteiger partial charge in [-0.1, -0.05) is 6.92 Å². The molecule has 0 bridgehead atoms. The molecule has 6 heteroatoms. The first-order chi connectivity index (χ1) is 8.98. The van der Waals surface area contributed by atoms with Gasteiger partial charge in [0, 0.05) is 23.8 Å². The molecule has 1 aromatic heterocycles. The Kier molecular flexibility index (Phi) is 3.99. The zero-order chi connectivity index (χ0) is 14.0. The van der Waals surface area contributed by atoms with Gasteiger partial charge >= 0.3 is 5.97 Å². The van der Waals surface area contributed by atoms with E-state index in [1.54, 1.807) is 17.2 Å². The number of hydrogen-bond acceptors (Lipinski definition) is 2. The number of nitrogens with zero attached hydrogens (tertiary/aromatic N) is 1. The van der Waals surface area contributed by atoms with Gasteiger partial charge in [0.15, 0.2) is 0 Å². The third-order valence-corrected chi connectivity index (χ3v) is 4.47. The van der Waals surface area contributed by atoms with Crippen molar-refractivity contribution in [2.75, 3.05) is 13.1 Å². The quantitative estimate of drug-likeness (QED) is 0.895. The number of halogens is 1. The molecule has 1 aliphatic rings. The number of carbonyl (C=O) groups is 2. The molecule has 1 amide bonds. The third kappa shape index (κ3) is 2.68. The molecule has 0 saturated carbocycles. The highest BCUT2D eigenvalue weighted by Gasteiger charge is 2.40. The number of nitrogens with one attached hydrogen (secondary N) is 1. The van der Waals surface area contributed by atoms with Crippen molar-refractivity contribution >= 4 is 27.8 Å². The molecule has 0 radical (unpaired) electrons. The molecule has 1 aromatic rings. The Morgan fingerprint density at radius 2 is 2.11 bits per heavy atom. The summed E-state index contributed by atoms with van der Waals surface area (Å²) in [5.74, 6) is -0.814. The molecular formula is C13H17BrN2O3. The lowest BCUT2D eigenvalue weighted by atomic mass is 9.76. The molecule has 2 rings (SSSR count). The van der Waals surface area contributed by atoms with E-state index in [0.717, 1.165) is 4.47 Å². The zero-order valence-corrected chi connectivity index (χ0v) is 12.4. The van der Waals surface area contributed by atoms with Crippen LogP contribution in [0.15, 0.2) is 16.7 Å². The summed E-state index contributed by atoms with van der Waals surface area (Å²) in [6.45, 7) is 2.89. The Balaban J connectivity index is 2.04. The molecule has 2 heterocycles. The molecule has 1 aliphatic heterocycles. The number of aromatic amines is 1. The van der Waals surface area contributed by atoms with Crippen LogP contribution in [-0.4, -0.2) is 40.0 Å². The van der Waals surface area contributed by atoms with Crippen molar-refractivity contribution < 1.29 is 14.7 Å². The van der Waals surface area contributed by atoms with Crippen molar-refractivity contribution in [1.82, 2.24) is 9.88 Å². The normalized spacial score (nSPS) is 18.3. The van der Waals surface area contributed by atoms with Gasteiger partial charge in [-0.3, -0.25) is 9.59 Å². The number of H-pyrrole nitrogens is 1. The topological polar surface area (TPSA) is 73.4 Å². The minimum absolute atomic E-state index is 0.0687. The molecule has 0 atom stereocenters. The Morgan fingerprint density at radius 3 is 2.53 bits per heavy atom. The van der Waals surface area contributed by atoms with E-state index in [4.69, 9.17) is 0 Å². The lowest BCUT2D eigenvalue weighted by Gasteiger charge is -2.38. The molecule has 0 aliphatic carbocycles. The molecule has 0 spiro atoms. The average molecular weight is 329 g/mol. The number of hydrogen-bond donors (Lipinski definition) is 2. The smallest absolute Gasteiger partial charge is 0.309 e. The monoisotopic (exact) mass is 328 g/mol. The van der Waals surface area contributed by atoms with Crippen molar-refractivity contribution in [1.29, 1.82) is 0 Å². The predicted octanol–water partition coefficient (Wildman–Crippen LogP) is 2.49. The van der Waals surface area contributed by atoms with Gasteiger partial charge in [-0.25, -0.2) is 0 Å². The molecule has 19 heavy (non-hydrogen) atoms. The number of carboxylic acids is 1. The predicted molar refractivity (Wildman–Crippen MR) is 74.0 cm³/mol. The molecule has 0 aromatic carbocycles. The first-order valence-corrected chi connectivity index (χ1v) is 7.14. The second-order valence-corrected chi connectivity index (χ2v) is 5.88. The summed E-state index contributed by atoms with van der Waals surface area (Å²) >= 11 is 3.29. The fraction of sp³-hybridized carbons (Fsp3) is 0.538. The van der Waals surface area contributed by atoms with Crippen molar-refractivity contribution in [2.45, 2.75) is 26.2 Å². The maximum absolute atomic E-state index is 12.2. The van der Waals surface area contributed by atoms with Gasteiger partial charge < -0.3 is 15.0 Å². The van der Waals surface area contributed by atoms with Crippen LogP contribution in [-0.2, 0) is 4.79 Å². The van der Waals surface area contributed by atoms with Gasteiger partial charge in [-0.15, -0.1) is 0 Å². The summed E-state index contributed by atoms with van der Waals surface area (Å²) in [5.41, 5.74) is -0.126. The fourth-order valence-electron chi connectivity index (χ4n) is 2.52. The number of carboxylic acid groups (broad SMARTS) is 1. The highest BCUT2D eigenvalue weighted by molar-refractivity contribution is 9.10. The van der Waals surface area contributed by atoms with E-state index in [1.165, 1.54) is 0 Å². The van der Waals surface area contributed by atoms with Crippen LogP contribution in [0.5, 0.6) is 0 Å². The Morgan fingerprint density at radius 1 is 1.47 bits per heavy atom. The lowest BCUT2D eigenvalue weighted by molar-refractivity contribution is -0.152. The van der Waals surface area contributed by atoms with Crippen molar-refractivity contribution in [3.8, 4) is 0 Å². The van der Waals surface area contributed by atoms with E-state index in [1.807, 2.05) is 6.92 Å². The summed E-state index contributed by atoms with van der Waals surface area (Å²) < 4.78 is 0.835. The standard InChI is InChI=1S/C13H17BrN2O3/c1-2-13(12(18)19)3-5-16(6-4-13)11(17)10-7-9(14)8-15-10/h7-8,15H,2-6H2,1H3,(H,18,19). The van der Waals surface area contributed by atoms with Crippen LogP contribution >= 0.6 is 15.9 Å². The van der Waals surface area contributed by atoms with Gasteiger partial charge in [-0.05, 0) is 41.3 Å². The van der Waals surface area contributed by atoms with E-state index in [0.29, 0.717) is 38.0 Å². The number of likely N-dealkylation sites (tertiary alicyclic amines) is 1. The molecular weight excluding hydrogens is 312 g/mol. The Labute approximate surface area is 120 Å². The molecule has 5 nitrogen and oxygen atoms in total. The molecule has 0 unspecified atom stereocenters. The first kappa shape index (κ1) is 14.1. The average Bonchev–Trinajstić information content (AvgIpc) is 2.84. The van der Waals surface area contributed by atoms with E-state index in [2.05, 4.69) is 20.9 Å². The largest absolute Gasteiger partial charge is 0.481 e. The van der Waals surface area contributed by atoms with Crippen LogP contribution in [0.2, 0.25) is 0 Å². The second kappa shape index (κ2) is 5.36. The van der Waals surface area contributed by atoms with Crippen LogP contribution in [0, 0.1) is 5.41 Å². The lowest BCUT2D eigenvalue weighted by Crippen LogP contribution is -2.46. The van der Waals surface area contributed by atoms with Crippen LogP contribution in [0.3, 0.4) is 0 Å². The Hall–Kier alpha value is -1.30. The third-order valence-electron chi connectivity index (χ3n) is 4.02. The van der Waals surface area contributed by atoms with Gasteiger partial charge in [0.25, 0.3) is 5.91 Å². The van der Waals surface area contributed by atoms with E-state index >= 15 is 0 Å². The van der Waals surface area contributed by atoms with Gasteiger partial charge in [-0.2, -0.15) is 0 Å². The van der Waals surface area contributed by atoms with E-state index < -0.39 is 11.4 Å². The van der Waals surface area contributed by atoms with Gasteiger partial charge in [0.05, 0.1) is 5.41 Å². The maximum atomic E-state index is 12.2. The van der Waals surface area contributed by atoms with Crippen LogP contribution < -0.4 is 0 Å². The molecule has 2 N–H and O–H groups in total. The summed E-state index contributed by atoms with van der Waals surface area (Å²) in [5, 5.41) is 9.32. The zero-order valence-electron chi connectivity index (χ0n) is 10.8. The molecule has 104 valence electrons. The van der Waals surface area contributed by atoms with E-state index in [-0.39, 0.29) is 5.91 Å². The van der Waals surface area contributed by atoms with Crippen molar-refractivity contribution in [3.63, 3.8) is 0 Å². The first-order valence-electron chi connectivity index (χ1n) is 6.35. The summed E-state index contributed by atoms with van der Waals surface area (Å²) in [4.78, 5) is 28.2. The van der Waals surface area contributed by atoms with Crippen LogP contribution in [0.4, 0.5) is 0 Å². The molecule has 1 fully saturated rings. The van der Waals surface area contributed by atoms with Gasteiger partial charge in [0.1, 0.15) is 5.69 Å². The summed E-state index contributed by atoms with van der Waals surface area (Å²) in [7, 11) is 0. The number of aromatic nitrogens is 1. The SMILES string of the molecule is CCC1(C(=O)O)CCN(C(=O)c2cc(Br)c[nH]2)CC1. The minimum Gasteiger partial charge on any atom is -0.481 e. The number of carbonyl (C=O) groups excluding carboxylic acids is 1. The summed E-state index contributed by atoms with van der Waals surface area (Å²) in [6, 6.07) is 1.74. The minimum atomic E-state index is -0.746. The fourth-order valence-corrected chi connectivity index (χ4v) is 2.86. The number of piperidine rings is 1. The van der Waals surface area contributed by atoms with Crippen LogP contribution in [0.25, 0.3) is 0 Å². The molecule has 1 saturated heterocycles. The summed E-state index contributed by atoms with van der Waals surface area (Å²) in [6.07, 6.45) is 3.36. The second-order valence-electron chi connectivity index (χ2n) is 4.96.